The second kappa shape index (κ2) is 5.63. The van der Waals surface area contributed by atoms with Gasteiger partial charge in [0.2, 0.25) is 0 Å². The van der Waals surface area contributed by atoms with Crippen molar-refractivity contribution in [1.82, 2.24) is 10.2 Å². The van der Waals surface area contributed by atoms with Gasteiger partial charge in [-0.25, -0.2) is 13.6 Å². The lowest BCUT2D eigenvalue weighted by Gasteiger charge is -2.32. The van der Waals surface area contributed by atoms with Crippen LogP contribution in [0.2, 0.25) is 0 Å². The molecule has 2 amide bonds. The molecule has 0 aromatic heterocycles. The van der Waals surface area contributed by atoms with E-state index in [-0.39, 0.29) is 4.90 Å². The standard InChI is InChI=1S/C11H13F5N2O4/c12-3-10(4-19)7(20)6(13)8(22-10)18-2-5(11(14,15)16)1-17-9(18)21/h2,6-8,19-20H,1,3-4H2,(H,17,21)/t6-,7-,8+,10+/m0/s1. The van der Waals surface area contributed by atoms with Crippen LogP contribution in [-0.2, 0) is 4.74 Å². The molecule has 126 valence electrons. The smallest absolute Gasteiger partial charge is 0.393 e. The summed E-state index contributed by atoms with van der Waals surface area (Å²) >= 11 is 0. The van der Waals surface area contributed by atoms with Gasteiger partial charge in [-0.1, -0.05) is 0 Å². The van der Waals surface area contributed by atoms with E-state index in [1.807, 2.05) is 5.32 Å². The number of nitrogens with zero attached hydrogens (tertiary/aromatic N) is 1. The average Bonchev–Trinajstić information content (AvgIpc) is 2.72. The van der Waals surface area contributed by atoms with Gasteiger partial charge in [0, 0.05) is 6.20 Å². The van der Waals surface area contributed by atoms with E-state index in [1.165, 1.54) is 0 Å². The summed E-state index contributed by atoms with van der Waals surface area (Å²) in [5.74, 6) is 0. The molecule has 2 aliphatic heterocycles. The van der Waals surface area contributed by atoms with Crippen LogP contribution in [0, 0.1) is 0 Å². The molecule has 2 rings (SSSR count). The average molecular weight is 332 g/mol. The van der Waals surface area contributed by atoms with E-state index in [0.29, 0.717) is 6.20 Å². The fourth-order valence-corrected chi connectivity index (χ4v) is 2.21. The second-order valence-electron chi connectivity index (χ2n) is 4.97. The summed E-state index contributed by atoms with van der Waals surface area (Å²) in [7, 11) is 0. The first-order chi connectivity index (χ1) is 10.2. The molecule has 0 aromatic rings. The molecule has 0 aromatic carbocycles. The Labute approximate surface area is 121 Å². The van der Waals surface area contributed by atoms with Crippen LogP contribution in [0.4, 0.5) is 26.7 Å². The van der Waals surface area contributed by atoms with Gasteiger partial charge >= 0.3 is 12.2 Å². The summed E-state index contributed by atoms with van der Waals surface area (Å²) in [6.07, 6.45) is -10.9. The van der Waals surface area contributed by atoms with Gasteiger partial charge in [0.15, 0.2) is 18.0 Å². The highest BCUT2D eigenvalue weighted by atomic mass is 19.4. The highest BCUT2D eigenvalue weighted by molar-refractivity contribution is 5.77. The summed E-state index contributed by atoms with van der Waals surface area (Å²) in [4.78, 5) is 11.9. The maximum absolute atomic E-state index is 14.0. The van der Waals surface area contributed by atoms with E-state index in [2.05, 4.69) is 0 Å². The minimum atomic E-state index is -4.76. The predicted octanol–water partition coefficient (Wildman–Crippen LogP) is 0.214. The summed E-state index contributed by atoms with van der Waals surface area (Å²) in [5, 5.41) is 20.6. The van der Waals surface area contributed by atoms with Crippen molar-refractivity contribution >= 4 is 6.03 Å². The fraction of sp³-hybridized carbons (Fsp3) is 0.727. The Hall–Kier alpha value is -1.46. The molecule has 0 radical (unpaired) electrons. The molecule has 4 atom stereocenters. The van der Waals surface area contributed by atoms with Crippen molar-refractivity contribution in [3.05, 3.63) is 11.8 Å². The van der Waals surface area contributed by atoms with Crippen LogP contribution in [0.25, 0.3) is 0 Å². The zero-order valence-corrected chi connectivity index (χ0v) is 11.0. The number of aliphatic hydroxyl groups is 2. The Kier molecular flexibility index (Phi) is 4.33. The Bertz CT molecular complexity index is 480. The number of aliphatic hydroxyl groups excluding tert-OH is 2. The fourth-order valence-electron chi connectivity index (χ4n) is 2.21. The molecular weight excluding hydrogens is 319 g/mol. The van der Waals surface area contributed by atoms with Crippen LogP contribution in [0.15, 0.2) is 11.8 Å². The van der Waals surface area contributed by atoms with Crippen molar-refractivity contribution in [2.75, 3.05) is 19.8 Å². The van der Waals surface area contributed by atoms with Gasteiger partial charge in [0.05, 0.1) is 18.7 Å². The van der Waals surface area contributed by atoms with E-state index in [0.717, 1.165) is 0 Å². The minimum absolute atomic E-state index is 0.257. The molecule has 11 heteroatoms. The first kappa shape index (κ1) is 16.9. The van der Waals surface area contributed by atoms with Crippen molar-refractivity contribution in [1.29, 1.82) is 0 Å². The van der Waals surface area contributed by atoms with Crippen LogP contribution >= 0.6 is 0 Å². The zero-order chi connectivity index (χ0) is 16.7. The molecule has 0 aliphatic carbocycles. The number of nitrogens with one attached hydrogen (secondary N) is 1. The lowest BCUT2D eigenvalue weighted by Crippen LogP contribution is -2.51. The van der Waals surface area contributed by atoms with Gasteiger partial charge < -0.3 is 20.3 Å². The van der Waals surface area contributed by atoms with E-state index >= 15 is 0 Å². The first-order valence-corrected chi connectivity index (χ1v) is 6.17. The van der Waals surface area contributed by atoms with Crippen molar-refractivity contribution in [2.24, 2.45) is 0 Å². The van der Waals surface area contributed by atoms with Crippen molar-refractivity contribution in [3.63, 3.8) is 0 Å². The van der Waals surface area contributed by atoms with Crippen molar-refractivity contribution < 1.29 is 41.7 Å². The first-order valence-electron chi connectivity index (χ1n) is 6.17. The molecule has 0 unspecified atom stereocenters. The second-order valence-corrected chi connectivity index (χ2v) is 4.97. The van der Waals surface area contributed by atoms with E-state index in [9.17, 15) is 31.9 Å². The molecule has 0 spiro atoms. The molecule has 0 bridgehead atoms. The number of halogens is 5. The minimum Gasteiger partial charge on any atom is -0.393 e. The maximum Gasteiger partial charge on any atom is 0.415 e. The zero-order valence-electron chi connectivity index (χ0n) is 11.0. The monoisotopic (exact) mass is 332 g/mol. The van der Waals surface area contributed by atoms with Gasteiger partial charge in [-0.15, -0.1) is 0 Å². The van der Waals surface area contributed by atoms with Crippen LogP contribution in [0.5, 0.6) is 0 Å². The number of urea groups is 1. The lowest BCUT2D eigenvalue weighted by atomic mass is 9.98. The summed E-state index contributed by atoms with van der Waals surface area (Å²) in [5.41, 5.74) is -3.49. The molecule has 2 heterocycles. The topological polar surface area (TPSA) is 82.0 Å². The highest BCUT2D eigenvalue weighted by Gasteiger charge is 2.58. The molecule has 6 nitrogen and oxygen atoms in total. The number of ether oxygens (including phenoxy) is 1. The Morgan fingerprint density at radius 3 is 2.59 bits per heavy atom. The quantitative estimate of drug-likeness (QED) is 0.646. The molecular formula is C11H13F5N2O4. The number of alkyl halides is 5. The van der Waals surface area contributed by atoms with Gasteiger partial charge in [-0.3, -0.25) is 4.90 Å². The molecule has 22 heavy (non-hydrogen) atoms. The van der Waals surface area contributed by atoms with Crippen LogP contribution in [-0.4, -0.2) is 71.3 Å². The number of hydrogen-bond donors (Lipinski definition) is 3. The number of hydrogen-bond acceptors (Lipinski definition) is 4. The van der Waals surface area contributed by atoms with Crippen LogP contribution < -0.4 is 5.32 Å². The molecule has 0 saturated carbocycles. The summed E-state index contributed by atoms with van der Waals surface area (Å²) < 4.78 is 69.8. The Morgan fingerprint density at radius 1 is 1.50 bits per heavy atom. The van der Waals surface area contributed by atoms with Gasteiger partial charge in [0.1, 0.15) is 12.8 Å². The van der Waals surface area contributed by atoms with Crippen molar-refractivity contribution in [2.45, 2.75) is 30.3 Å². The number of rotatable bonds is 3. The normalized spacial score (nSPS) is 36.3. The van der Waals surface area contributed by atoms with E-state index in [4.69, 9.17) is 9.84 Å². The molecule has 2 aliphatic rings. The maximum atomic E-state index is 14.0. The van der Waals surface area contributed by atoms with Gasteiger partial charge in [-0.05, 0) is 0 Å². The molecule has 1 saturated heterocycles. The van der Waals surface area contributed by atoms with Gasteiger partial charge in [0.25, 0.3) is 0 Å². The lowest BCUT2D eigenvalue weighted by molar-refractivity contribution is -0.142. The van der Waals surface area contributed by atoms with E-state index in [1.54, 1.807) is 0 Å². The Balaban J connectivity index is 2.32. The van der Waals surface area contributed by atoms with E-state index < -0.39 is 61.7 Å². The largest absolute Gasteiger partial charge is 0.415 e. The number of amides is 2. The third-order valence-electron chi connectivity index (χ3n) is 3.56. The van der Waals surface area contributed by atoms with Crippen LogP contribution in [0.3, 0.4) is 0 Å². The number of carbonyl (C=O) groups is 1. The third kappa shape index (κ3) is 2.63. The number of carbonyl (C=O) groups excluding carboxylic acids is 1. The van der Waals surface area contributed by atoms with Crippen LogP contribution in [0.1, 0.15) is 0 Å². The SMILES string of the molecule is O=C1NCC(C(F)(F)F)=CN1[C@@H]1O[C@@](CO)(CF)[C@@H](O)[C@@H]1F. The third-order valence-corrected chi connectivity index (χ3v) is 3.56. The highest BCUT2D eigenvalue weighted by Crippen LogP contribution is 2.37. The predicted molar refractivity (Wildman–Crippen MR) is 60.9 cm³/mol. The van der Waals surface area contributed by atoms with Gasteiger partial charge in [-0.2, -0.15) is 13.2 Å². The molecule has 1 fully saturated rings. The Morgan fingerprint density at radius 2 is 2.14 bits per heavy atom. The summed E-state index contributed by atoms with van der Waals surface area (Å²) in [6, 6.07) is -1.10. The van der Waals surface area contributed by atoms with Crippen molar-refractivity contribution in [3.8, 4) is 0 Å². The summed E-state index contributed by atoms with van der Waals surface area (Å²) in [6.45, 7) is -3.39. The molecule has 3 N–H and O–H groups in total.